The van der Waals surface area contributed by atoms with Gasteiger partial charge in [-0.25, -0.2) is 0 Å². The van der Waals surface area contributed by atoms with Crippen LogP contribution >= 0.6 is 11.8 Å². The summed E-state index contributed by atoms with van der Waals surface area (Å²) >= 11 is 1.32. The van der Waals surface area contributed by atoms with Gasteiger partial charge in [0.25, 0.3) is 0 Å². The lowest BCUT2D eigenvalue weighted by Gasteiger charge is -2.12. The molecule has 1 N–H and O–H groups in total. The van der Waals surface area contributed by atoms with E-state index >= 15 is 0 Å². The van der Waals surface area contributed by atoms with Crippen LogP contribution in [-0.2, 0) is 4.79 Å². The second kappa shape index (κ2) is 7.27. The summed E-state index contributed by atoms with van der Waals surface area (Å²) in [5.74, 6) is -0.0896. The Hall–Kier alpha value is -2.67. The second-order valence-corrected chi connectivity index (χ2v) is 6.64. The van der Waals surface area contributed by atoms with Gasteiger partial charge in [0.15, 0.2) is 0 Å². The number of carbonyl (C=O) groups excluding carboxylic acids is 1. The first-order chi connectivity index (χ1) is 11.6. The molecule has 0 spiro atoms. The van der Waals surface area contributed by atoms with Gasteiger partial charge in [-0.2, -0.15) is 4.68 Å². The average Bonchev–Trinajstić information content (AvgIpc) is 3.03. The van der Waals surface area contributed by atoms with E-state index in [1.54, 1.807) is 4.68 Å². The van der Waals surface area contributed by atoms with Crippen molar-refractivity contribution in [1.82, 2.24) is 20.2 Å². The standard InChI is InChI=1S/C17H17N5OS/c1-12-7-6-8-14(11-12)18-16(23)13(2)24-17-19-20-21-22(17)15-9-4-3-5-10-15/h3-11,13H,1-2H3,(H,18,23)/t13-/m1/s1. The average molecular weight is 339 g/mol. The molecule has 1 aromatic heterocycles. The normalized spacial score (nSPS) is 11.9. The molecule has 0 saturated carbocycles. The van der Waals surface area contributed by atoms with Crippen LogP contribution in [0.1, 0.15) is 12.5 Å². The number of amides is 1. The minimum absolute atomic E-state index is 0.0896. The van der Waals surface area contributed by atoms with E-state index in [0.717, 1.165) is 16.9 Å². The van der Waals surface area contributed by atoms with Crippen molar-refractivity contribution in [3.63, 3.8) is 0 Å². The molecule has 2 aromatic carbocycles. The molecule has 1 heterocycles. The number of nitrogens with one attached hydrogen (secondary N) is 1. The van der Waals surface area contributed by atoms with E-state index in [-0.39, 0.29) is 11.2 Å². The lowest BCUT2D eigenvalue weighted by Crippen LogP contribution is -2.23. The fourth-order valence-corrected chi connectivity index (χ4v) is 2.97. The first kappa shape index (κ1) is 16.2. The summed E-state index contributed by atoms with van der Waals surface area (Å²) in [7, 11) is 0. The number of rotatable bonds is 5. The van der Waals surface area contributed by atoms with Gasteiger partial charge in [0.05, 0.1) is 10.9 Å². The third kappa shape index (κ3) is 3.80. The Morgan fingerprint density at radius 2 is 1.96 bits per heavy atom. The summed E-state index contributed by atoms with van der Waals surface area (Å²) in [6, 6.07) is 17.3. The first-order valence-corrected chi connectivity index (χ1v) is 8.39. The van der Waals surface area contributed by atoms with Crippen LogP contribution in [-0.4, -0.2) is 31.4 Å². The highest BCUT2D eigenvalue weighted by Crippen LogP contribution is 2.23. The first-order valence-electron chi connectivity index (χ1n) is 7.51. The Bertz CT molecular complexity index is 834. The number of hydrogen-bond acceptors (Lipinski definition) is 5. The van der Waals surface area contributed by atoms with Gasteiger partial charge in [-0.15, -0.1) is 5.10 Å². The fraction of sp³-hybridized carbons (Fsp3) is 0.176. The highest BCUT2D eigenvalue weighted by molar-refractivity contribution is 8.00. The molecule has 1 amide bonds. The Labute approximate surface area is 144 Å². The van der Waals surface area contributed by atoms with Crippen molar-refractivity contribution < 1.29 is 4.79 Å². The molecule has 0 aliphatic rings. The van der Waals surface area contributed by atoms with E-state index in [9.17, 15) is 4.79 Å². The smallest absolute Gasteiger partial charge is 0.237 e. The van der Waals surface area contributed by atoms with Crippen molar-refractivity contribution in [3.8, 4) is 5.69 Å². The van der Waals surface area contributed by atoms with Crippen molar-refractivity contribution >= 4 is 23.4 Å². The Morgan fingerprint density at radius 3 is 2.71 bits per heavy atom. The molecule has 0 unspecified atom stereocenters. The highest BCUT2D eigenvalue weighted by Gasteiger charge is 2.19. The molecule has 0 fully saturated rings. The molecule has 0 bridgehead atoms. The van der Waals surface area contributed by atoms with Gasteiger partial charge in [0.1, 0.15) is 0 Å². The van der Waals surface area contributed by atoms with Crippen molar-refractivity contribution in [1.29, 1.82) is 0 Å². The molecule has 6 nitrogen and oxygen atoms in total. The van der Waals surface area contributed by atoms with E-state index < -0.39 is 0 Å². The van der Waals surface area contributed by atoms with Crippen LogP contribution in [0, 0.1) is 6.92 Å². The number of aromatic nitrogens is 4. The van der Waals surface area contributed by atoms with E-state index in [0.29, 0.717) is 5.16 Å². The van der Waals surface area contributed by atoms with Gasteiger partial charge in [0.2, 0.25) is 11.1 Å². The van der Waals surface area contributed by atoms with E-state index in [1.807, 2.05) is 68.4 Å². The summed E-state index contributed by atoms with van der Waals surface area (Å²) in [5.41, 5.74) is 2.74. The number of hydrogen-bond donors (Lipinski definition) is 1. The van der Waals surface area contributed by atoms with Crippen LogP contribution in [0.2, 0.25) is 0 Å². The van der Waals surface area contributed by atoms with Crippen LogP contribution in [0.25, 0.3) is 5.69 Å². The lowest BCUT2D eigenvalue weighted by atomic mass is 10.2. The zero-order valence-corrected chi connectivity index (χ0v) is 14.2. The van der Waals surface area contributed by atoms with Crippen LogP contribution in [0.15, 0.2) is 59.8 Å². The maximum absolute atomic E-state index is 12.4. The van der Waals surface area contributed by atoms with Gasteiger partial charge in [-0.3, -0.25) is 4.79 Å². The maximum atomic E-state index is 12.4. The van der Waals surface area contributed by atoms with Gasteiger partial charge < -0.3 is 5.32 Å². The van der Waals surface area contributed by atoms with Gasteiger partial charge >= 0.3 is 0 Å². The summed E-state index contributed by atoms with van der Waals surface area (Å²) in [5, 5.41) is 14.9. The molecule has 3 rings (SSSR count). The number of tetrazole rings is 1. The highest BCUT2D eigenvalue weighted by atomic mass is 32.2. The predicted molar refractivity (Wildman–Crippen MR) is 94.3 cm³/mol. The van der Waals surface area contributed by atoms with Crippen LogP contribution in [0.4, 0.5) is 5.69 Å². The Kier molecular flexibility index (Phi) is 4.90. The van der Waals surface area contributed by atoms with Crippen molar-refractivity contribution in [2.45, 2.75) is 24.3 Å². The van der Waals surface area contributed by atoms with Crippen molar-refractivity contribution in [2.24, 2.45) is 0 Å². The van der Waals surface area contributed by atoms with Crippen molar-refractivity contribution in [3.05, 3.63) is 60.2 Å². The monoisotopic (exact) mass is 339 g/mol. The minimum Gasteiger partial charge on any atom is -0.325 e. The number of benzene rings is 2. The number of nitrogens with zero attached hydrogens (tertiary/aromatic N) is 4. The number of para-hydroxylation sites is 1. The quantitative estimate of drug-likeness (QED) is 0.723. The minimum atomic E-state index is -0.334. The van der Waals surface area contributed by atoms with Crippen LogP contribution < -0.4 is 5.32 Å². The molecule has 7 heteroatoms. The molecule has 122 valence electrons. The lowest BCUT2D eigenvalue weighted by molar-refractivity contribution is -0.115. The van der Waals surface area contributed by atoms with E-state index in [1.165, 1.54) is 11.8 Å². The molecule has 0 saturated heterocycles. The molecule has 24 heavy (non-hydrogen) atoms. The molecule has 1 atom stereocenters. The molecular formula is C17H17N5OS. The third-order valence-corrected chi connectivity index (χ3v) is 4.41. The van der Waals surface area contributed by atoms with Crippen LogP contribution in [0.3, 0.4) is 0 Å². The number of anilines is 1. The third-order valence-electron chi connectivity index (χ3n) is 3.38. The zero-order valence-electron chi connectivity index (χ0n) is 13.4. The van der Waals surface area contributed by atoms with E-state index in [4.69, 9.17) is 0 Å². The van der Waals surface area contributed by atoms with Gasteiger partial charge in [0, 0.05) is 5.69 Å². The summed E-state index contributed by atoms with van der Waals surface area (Å²) < 4.78 is 1.63. The van der Waals surface area contributed by atoms with Gasteiger partial charge in [-0.1, -0.05) is 42.1 Å². The molecule has 0 aliphatic heterocycles. The predicted octanol–water partition coefficient (Wildman–Crippen LogP) is 3.09. The largest absolute Gasteiger partial charge is 0.325 e. The number of carbonyl (C=O) groups is 1. The van der Waals surface area contributed by atoms with E-state index in [2.05, 4.69) is 20.8 Å². The molecule has 3 aromatic rings. The molecule has 0 radical (unpaired) electrons. The Morgan fingerprint density at radius 1 is 1.17 bits per heavy atom. The van der Waals surface area contributed by atoms with Crippen molar-refractivity contribution in [2.75, 3.05) is 5.32 Å². The summed E-state index contributed by atoms with van der Waals surface area (Å²) in [6.45, 7) is 3.82. The zero-order chi connectivity index (χ0) is 16.9. The number of thioether (sulfide) groups is 1. The SMILES string of the molecule is Cc1cccc(NC(=O)[C@@H](C)Sc2nnnn2-c2ccccc2)c1. The maximum Gasteiger partial charge on any atom is 0.237 e. The topological polar surface area (TPSA) is 72.7 Å². The van der Waals surface area contributed by atoms with Gasteiger partial charge in [-0.05, 0) is 54.1 Å². The summed E-state index contributed by atoms with van der Waals surface area (Å²) in [4.78, 5) is 12.4. The van der Waals surface area contributed by atoms with Crippen LogP contribution in [0.5, 0.6) is 0 Å². The second-order valence-electron chi connectivity index (χ2n) is 5.33. The number of aryl methyl sites for hydroxylation is 1. The molecular weight excluding hydrogens is 322 g/mol. The summed E-state index contributed by atoms with van der Waals surface area (Å²) in [6.07, 6.45) is 0. The fourth-order valence-electron chi connectivity index (χ4n) is 2.16. The Balaban J connectivity index is 1.70. The molecule has 0 aliphatic carbocycles.